The van der Waals surface area contributed by atoms with Crippen LogP contribution >= 0.6 is 0 Å². The van der Waals surface area contributed by atoms with Crippen molar-refractivity contribution in [2.75, 3.05) is 19.8 Å². The van der Waals surface area contributed by atoms with Crippen LogP contribution in [0.4, 0.5) is 0 Å². The van der Waals surface area contributed by atoms with Crippen molar-refractivity contribution in [3.63, 3.8) is 0 Å². The smallest absolute Gasteiger partial charge is 0.241 e. The van der Waals surface area contributed by atoms with E-state index < -0.39 is 0 Å². The van der Waals surface area contributed by atoms with Gasteiger partial charge < -0.3 is 19.5 Å². The molecule has 2 heterocycles. The molecule has 0 unspecified atom stereocenters. The number of aromatic nitrogens is 2. The summed E-state index contributed by atoms with van der Waals surface area (Å²) < 4.78 is 18.8. The Morgan fingerprint density at radius 3 is 2.77 bits per heavy atom. The maximum Gasteiger partial charge on any atom is 0.241 e. The number of benzene rings is 2. The summed E-state index contributed by atoms with van der Waals surface area (Å²) in [5.74, 6) is 2.21. The summed E-state index contributed by atoms with van der Waals surface area (Å²) in [6.07, 6.45) is 2.47. The third-order valence-electron chi connectivity index (χ3n) is 5.08. The zero-order valence-corrected chi connectivity index (χ0v) is 17.9. The highest BCUT2D eigenvalue weighted by Gasteiger charge is 2.22. The third kappa shape index (κ3) is 4.66. The summed E-state index contributed by atoms with van der Waals surface area (Å²) in [6.45, 7) is 6.21. The fourth-order valence-electron chi connectivity index (χ4n) is 3.69. The minimum atomic E-state index is -0.0779. The van der Waals surface area contributed by atoms with Gasteiger partial charge in [-0.05, 0) is 50.1 Å². The Hall–Kier alpha value is -3.48. The van der Waals surface area contributed by atoms with E-state index in [1.54, 1.807) is 10.9 Å². The SMILES string of the molecule is CCOc1ccc(CCNC(=O)Cn2ncc3c2-c2ccccc2OC3)cc1OCC. The molecule has 0 radical (unpaired) electrons. The Morgan fingerprint density at radius 1 is 1.13 bits per heavy atom. The zero-order chi connectivity index (χ0) is 21.6. The molecule has 1 aliphatic rings. The monoisotopic (exact) mass is 421 g/mol. The molecule has 4 rings (SSSR count). The summed E-state index contributed by atoms with van der Waals surface area (Å²) in [5, 5.41) is 7.40. The number of carbonyl (C=O) groups is 1. The maximum atomic E-state index is 12.6. The van der Waals surface area contributed by atoms with Crippen molar-refractivity contribution in [1.29, 1.82) is 0 Å². The first-order valence-electron chi connectivity index (χ1n) is 10.6. The molecule has 1 aromatic heterocycles. The number of para-hydroxylation sites is 1. The molecule has 31 heavy (non-hydrogen) atoms. The van der Waals surface area contributed by atoms with Gasteiger partial charge in [-0.25, -0.2) is 0 Å². The van der Waals surface area contributed by atoms with Gasteiger partial charge in [-0.2, -0.15) is 5.10 Å². The number of nitrogens with zero attached hydrogens (tertiary/aromatic N) is 2. The lowest BCUT2D eigenvalue weighted by Crippen LogP contribution is -2.30. The zero-order valence-electron chi connectivity index (χ0n) is 17.9. The van der Waals surface area contributed by atoms with Crippen LogP contribution in [-0.4, -0.2) is 35.4 Å². The van der Waals surface area contributed by atoms with E-state index in [-0.39, 0.29) is 12.5 Å². The van der Waals surface area contributed by atoms with Crippen molar-refractivity contribution >= 4 is 5.91 Å². The van der Waals surface area contributed by atoms with Crippen molar-refractivity contribution in [3.8, 4) is 28.5 Å². The number of carbonyl (C=O) groups excluding carboxylic acids is 1. The Labute approximate surface area is 181 Å². The number of hydrogen-bond donors (Lipinski definition) is 1. The topological polar surface area (TPSA) is 74.6 Å². The molecule has 0 fully saturated rings. The first-order valence-corrected chi connectivity index (χ1v) is 10.6. The van der Waals surface area contributed by atoms with Gasteiger partial charge in [-0.15, -0.1) is 0 Å². The Kier molecular flexibility index (Phi) is 6.40. The molecule has 0 atom stereocenters. The molecule has 0 aliphatic carbocycles. The van der Waals surface area contributed by atoms with Gasteiger partial charge in [0.05, 0.1) is 25.1 Å². The fraction of sp³-hybridized carbons (Fsp3) is 0.333. The van der Waals surface area contributed by atoms with E-state index in [0.29, 0.717) is 32.8 Å². The second kappa shape index (κ2) is 9.55. The summed E-state index contributed by atoms with van der Waals surface area (Å²) >= 11 is 0. The number of hydrogen-bond acceptors (Lipinski definition) is 5. The average molecular weight is 421 g/mol. The summed E-state index contributed by atoms with van der Waals surface area (Å²) in [7, 11) is 0. The number of nitrogens with one attached hydrogen (secondary N) is 1. The predicted octanol–water partition coefficient (Wildman–Crippen LogP) is 3.60. The normalized spacial score (nSPS) is 11.8. The van der Waals surface area contributed by atoms with Crippen LogP contribution < -0.4 is 19.5 Å². The second-order valence-electron chi connectivity index (χ2n) is 7.21. The van der Waals surface area contributed by atoms with Crippen LogP contribution in [0.1, 0.15) is 25.0 Å². The van der Waals surface area contributed by atoms with Crippen LogP contribution in [0.5, 0.6) is 17.2 Å². The van der Waals surface area contributed by atoms with Gasteiger partial charge in [0.1, 0.15) is 18.9 Å². The van der Waals surface area contributed by atoms with Gasteiger partial charge in [0.25, 0.3) is 0 Å². The quantitative estimate of drug-likeness (QED) is 0.571. The van der Waals surface area contributed by atoms with Gasteiger partial charge >= 0.3 is 0 Å². The number of fused-ring (bicyclic) bond motifs is 3. The highest BCUT2D eigenvalue weighted by Crippen LogP contribution is 2.37. The molecule has 0 bridgehead atoms. The molecule has 7 nitrogen and oxygen atoms in total. The predicted molar refractivity (Wildman–Crippen MR) is 117 cm³/mol. The molecule has 162 valence electrons. The van der Waals surface area contributed by atoms with Crippen LogP contribution in [0.3, 0.4) is 0 Å². The van der Waals surface area contributed by atoms with Crippen molar-refractivity contribution in [1.82, 2.24) is 15.1 Å². The molecule has 0 saturated heterocycles. The van der Waals surface area contributed by atoms with Crippen LogP contribution in [0, 0.1) is 0 Å². The lowest BCUT2D eigenvalue weighted by molar-refractivity contribution is -0.121. The summed E-state index contributed by atoms with van der Waals surface area (Å²) in [4.78, 5) is 12.6. The Bertz CT molecular complexity index is 1060. The van der Waals surface area contributed by atoms with Crippen molar-refractivity contribution in [2.45, 2.75) is 33.4 Å². The molecule has 2 aromatic carbocycles. The third-order valence-corrected chi connectivity index (χ3v) is 5.08. The van der Waals surface area contributed by atoms with E-state index in [1.807, 2.05) is 56.3 Å². The van der Waals surface area contributed by atoms with Crippen molar-refractivity contribution < 1.29 is 19.0 Å². The van der Waals surface area contributed by atoms with E-state index in [1.165, 1.54) is 0 Å². The fourth-order valence-corrected chi connectivity index (χ4v) is 3.69. The highest BCUT2D eigenvalue weighted by atomic mass is 16.5. The van der Waals surface area contributed by atoms with Crippen molar-refractivity contribution in [3.05, 3.63) is 59.8 Å². The van der Waals surface area contributed by atoms with E-state index >= 15 is 0 Å². The number of ether oxygens (including phenoxy) is 3. The molecule has 3 aromatic rings. The van der Waals surface area contributed by atoms with E-state index in [4.69, 9.17) is 14.2 Å². The number of amides is 1. The minimum Gasteiger partial charge on any atom is -0.490 e. The number of rotatable bonds is 9. The summed E-state index contributed by atoms with van der Waals surface area (Å²) in [5.41, 5.74) is 3.98. The largest absolute Gasteiger partial charge is 0.490 e. The lowest BCUT2D eigenvalue weighted by Gasteiger charge is -2.19. The van der Waals surface area contributed by atoms with Gasteiger partial charge in [-0.3, -0.25) is 9.48 Å². The maximum absolute atomic E-state index is 12.6. The van der Waals surface area contributed by atoms with Gasteiger partial charge in [-0.1, -0.05) is 18.2 Å². The first-order chi connectivity index (χ1) is 15.2. The van der Waals surface area contributed by atoms with Gasteiger partial charge in [0.15, 0.2) is 11.5 Å². The summed E-state index contributed by atoms with van der Waals surface area (Å²) in [6, 6.07) is 13.7. The minimum absolute atomic E-state index is 0.0779. The average Bonchev–Trinajstić information content (AvgIpc) is 3.19. The molecular weight excluding hydrogens is 394 g/mol. The van der Waals surface area contributed by atoms with Crippen LogP contribution in [-0.2, 0) is 24.4 Å². The molecular formula is C24H27N3O4. The lowest BCUT2D eigenvalue weighted by atomic mass is 10.0. The second-order valence-corrected chi connectivity index (χ2v) is 7.21. The molecule has 0 saturated carbocycles. The van der Waals surface area contributed by atoms with E-state index in [9.17, 15) is 4.79 Å². The van der Waals surface area contributed by atoms with Crippen LogP contribution in [0.2, 0.25) is 0 Å². The van der Waals surface area contributed by atoms with E-state index in [0.717, 1.165) is 39.6 Å². The molecule has 1 N–H and O–H groups in total. The molecule has 0 spiro atoms. The Balaban J connectivity index is 1.36. The molecule has 1 amide bonds. The standard InChI is InChI=1S/C24H27N3O4/c1-3-29-21-10-9-17(13-22(21)30-4-2)11-12-25-23(28)15-27-24-18(14-26-27)16-31-20-8-6-5-7-19(20)24/h5-10,13-14H,3-4,11-12,15-16H2,1-2H3,(H,25,28). The highest BCUT2D eigenvalue weighted by molar-refractivity contribution is 5.78. The van der Waals surface area contributed by atoms with Crippen LogP contribution in [0.15, 0.2) is 48.7 Å². The van der Waals surface area contributed by atoms with E-state index in [2.05, 4.69) is 10.4 Å². The van der Waals surface area contributed by atoms with Crippen molar-refractivity contribution in [2.24, 2.45) is 0 Å². The Morgan fingerprint density at radius 2 is 1.94 bits per heavy atom. The van der Waals surface area contributed by atoms with Gasteiger partial charge in [0, 0.05) is 17.7 Å². The molecule has 7 heteroatoms. The first kappa shape index (κ1) is 20.8. The van der Waals surface area contributed by atoms with Gasteiger partial charge in [0.2, 0.25) is 5.91 Å². The molecule has 1 aliphatic heterocycles. The van der Waals surface area contributed by atoms with Crippen LogP contribution in [0.25, 0.3) is 11.3 Å².